The average molecular weight is 485 g/mol. The first kappa shape index (κ1) is 24.6. The van der Waals surface area contributed by atoms with Crippen molar-refractivity contribution < 1.29 is 14.3 Å². The second-order valence-corrected chi connectivity index (χ2v) is 8.51. The number of amides is 2. The van der Waals surface area contributed by atoms with Gasteiger partial charge in [0.1, 0.15) is 11.8 Å². The van der Waals surface area contributed by atoms with Crippen molar-refractivity contribution in [3.05, 3.63) is 99.5 Å². The average Bonchev–Trinajstić information content (AvgIpc) is 2.82. The molecule has 0 saturated carbocycles. The predicted octanol–water partition coefficient (Wildman–Crippen LogP) is 5.07. The summed E-state index contributed by atoms with van der Waals surface area (Å²) in [5.74, 6) is 0.0207. The maximum atomic E-state index is 13.4. The highest BCUT2D eigenvalue weighted by molar-refractivity contribution is 6.42. The fourth-order valence-electron chi connectivity index (χ4n) is 3.49. The van der Waals surface area contributed by atoms with Crippen LogP contribution in [0.15, 0.2) is 72.8 Å². The lowest BCUT2D eigenvalue weighted by Crippen LogP contribution is -2.51. The molecule has 0 heterocycles. The van der Waals surface area contributed by atoms with E-state index in [-0.39, 0.29) is 25.0 Å². The van der Waals surface area contributed by atoms with Crippen molar-refractivity contribution in [2.75, 3.05) is 13.7 Å². The zero-order valence-corrected chi connectivity index (χ0v) is 20.1. The highest BCUT2D eigenvalue weighted by Gasteiger charge is 2.30. The van der Waals surface area contributed by atoms with Crippen LogP contribution in [-0.2, 0) is 22.6 Å². The number of halogens is 2. The largest absolute Gasteiger partial charge is 0.484 e. The second kappa shape index (κ2) is 11.7. The summed E-state index contributed by atoms with van der Waals surface area (Å²) in [5, 5.41) is 3.50. The van der Waals surface area contributed by atoms with E-state index in [0.717, 1.165) is 16.7 Å². The van der Waals surface area contributed by atoms with Gasteiger partial charge in [-0.05, 0) is 47.9 Å². The minimum atomic E-state index is -0.736. The molecule has 0 spiro atoms. The summed E-state index contributed by atoms with van der Waals surface area (Å²) in [5.41, 5.74) is 2.73. The van der Waals surface area contributed by atoms with Gasteiger partial charge in [0.25, 0.3) is 5.91 Å². The number of nitrogens with one attached hydrogen (secondary N) is 1. The lowest BCUT2D eigenvalue weighted by Gasteiger charge is -2.31. The van der Waals surface area contributed by atoms with Crippen LogP contribution in [0.25, 0.3) is 0 Å². The Hall–Kier alpha value is -3.02. The smallest absolute Gasteiger partial charge is 0.261 e. The van der Waals surface area contributed by atoms with Crippen LogP contribution in [0.3, 0.4) is 0 Å². The van der Waals surface area contributed by atoms with Crippen LogP contribution in [0.1, 0.15) is 16.7 Å². The number of rotatable bonds is 9. The van der Waals surface area contributed by atoms with Gasteiger partial charge in [-0.25, -0.2) is 0 Å². The summed E-state index contributed by atoms with van der Waals surface area (Å²) in [6.45, 7) is 1.93. The van der Waals surface area contributed by atoms with E-state index in [2.05, 4.69) is 5.32 Å². The van der Waals surface area contributed by atoms with Crippen LogP contribution in [0.4, 0.5) is 0 Å². The number of ether oxygens (including phenoxy) is 1. The van der Waals surface area contributed by atoms with Gasteiger partial charge in [0, 0.05) is 20.0 Å². The highest BCUT2D eigenvalue weighted by Crippen LogP contribution is 2.24. The molecule has 0 aliphatic rings. The number of aryl methyl sites for hydroxylation is 1. The lowest BCUT2D eigenvalue weighted by atomic mass is 10.0. The molecule has 0 fully saturated rings. The van der Waals surface area contributed by atoms with Gasteiger partial charge in [0.2, 0.25) is 5.91 Å². The predicted molar refractivity (Wildman–Crippen MR) is 132 cm³/mol. The Morgan fingerprint density at radius 3 is 2.36 bits per heavy atom. The van der Waals surface area contributed by atoms with E-state index >= 15 is 0 Å². The number of nitrogens with zero attached hydrogens (tertiary/aromatic N) is 1. The summed E-state index contributed by atoms with van der Waals surface area (Å²) in [6, 6.07) is 21.5. The molecule has 1 N–H and O–H groups in total. The van der Waals surface area contributed by atoms with E-state index in [4.69, 9.17) is 27.9 Å². The molecule has 0 aromatic heterocycles. The molecule has 0 radical (unpaired) electrons. The van der Waals surface area contributed by atoms with E-state index in [0.29, 0.717) is 22.2 Å². The van der Waals surface area contributed by atoms with Crippen molar-refractivity contribution in [1.82, 2.24) is 10.2 Å². The van der Waals surface area contributed by atoms with Crippen LogP contribution in [0.5, 0.6) is 5.75 Å². The molecule has 0 bridgehead atoms. The molecular formula is C26H26Cl2N2O3. The monoisotopic (exact) mass is 484 g/mol. The summed E-state index contributed by atoms with van der Waals surface area (Å²) < 4.78 is 5.75. The Balaban J connectivity index is 1.89. The first-order chi connectivity index (χ1) is 15.9. The van der Waals surface area contributed by atoms with Gasteiger partial charge >= 0.3 is 0 Å². The Bertz CT molecular complexity index is 1110. The van der Waals surface area contributed by atoms with Gasteiger partial charge in [0.05, 0.1) is 10.0 Å². The van der Waals surface area contributed by atoms with Crippen LogP contribution < -0.4 is 10.1 Å². The molecule has 2 amide bonds. The molecule has 3 rings (SSSR count). The minimum Gasteiger partial charge on any atom is -0.484 e. The quantitative estimate of drug-likeness (QED) is 0.461. The molecule has 172 valence electrons. The topological polar surface area (TPSA) is 58.6 Å². The molecule has 5 nitrogen and oxygen atoms in total. The SMILES string of the molecule is CNC(=O)[C@@H](Cc1ccccc1)N(Cc1ccc(Cl)c(Cl)c1)C(=O)COc1cccc(C)c1. The zero-order valence-electron chi connectivity index (χ0n) is 18.6. The molecular weight excluding hydrogens is 459 g/mol. The number of carbonyl (C=O) groups excluding carboxylic acids is 2. The minimum absolute atomic E-state index is 0.178. The van der Waals surface area contributed by atoms with Crippen molar-refractivity contribution in [3.63, 3.8) is 0 Å². The Kier molecular flexibility index (Phi) is 8.75. The van der Waals surface area contributed by atoms with Gasteiger partial charge in [0.15, 0.2) is 6.61 Å². The van der Waals surface area contributed by atoms with Crippen LogP contribution in [-0.4, -0.2) is 36.4 Å². The van der Waals surface area contributed by atoms with Crippen molar-refractivity contribution in [2.24, 2.45) is 0 Å². The van der Waals surface area contributed by atoms with E-state index in [1.807, 2.05) is 55.5 Å². The highest BCUT2D eigenvalue weighted by atomic mass is 35.5. The number of hydrogen-bond acceptors (Lipinski definition) is 3. The summed E-state index contributed by atoms with van der Waals surface area (Å²) in [6.07, 6.45) is 0.359. The van der Waals surface area contributed by atoms with Crippen LogP contribution >= 0.6 is 23.2 Å². The molecule has 0 aliphatic heterocycles. The zero-order chi connectivity index (χ0) is 23.8. The molecule has 3 aromatic rings. The molecule has 33 heavy (non-hydrogen) atoms. The fourth-order valence-corrected chi connectivity index (χ4v) is 3.81. The van der Waals surface area contributed by atoms with Gasteiger partial charge in [-0.15, -0.1) is 0 Å². The van der Waals surface area contributed by atoms with Gasteiger partial charge in [-0.2, -0.15) is 0 Å². The van der Waals surface area contributed by atoms with Crippen LogP contribution in [0, 0.1) is 6.92 Å². The first-order valence-electron chi connectivity index (χ1n) is 10.6. The third-order valence-corrected chi connectivity index (χ3v) is 5.95. The summed E-state index contributed by atoms with van der Waals surface area (Å²) in [7, 11) is 1.56. The van der Waals surface area contributed by atoms with Gasteiger partial charge < -0.3 is 15.0 Å². The fraction of sp³-hybridized carbons (Fsp3) is 0.231. The van der Waals surface area contributed by atoms with Crippen molar-refractivity contribution in [3.8, 4) is 5.75 Å². The van der Waals surface area contributed by atoms with Crippen molar-refractivity contribution in [1.29, 1.82) is 0 Å². The summed E-state index contributed by atoms with van der Waals surface area (Å²) >= 11 is 12.2. The lowest BCUT2D eigenvalue weighted by molar-refractivity contribution is -0.142. The van der Waals surface area contributed by atoms with E-state index < -0.39 is 6.04 Å². The Labute approximate surface area is 204 Å². The standard InChI is InChI=1S/C26H26Cl2N2O3/c1-18-7-6-10-21(13-18)33-17-25(31)30(16-20-11-12-22(27)23(28)14-20)24(26(32)29-2)15-19-8-4-3-5-9-19/h3-14,24H,15-17H2,1-2H3,(H,29,32)/t24-/m1/s1. The molecule has 0 saturated heterocycles. The second-order valence-electron chi connectivity index (χ2n) is 7.70. The normalized spacial score (nSPS) is 11.5. The van der Waals surface area contributed by atoms with E-state index in [1.54, 1.807) is 31.3 Å². The Morgan fingerprint density at radius 1 is 0.939 bits per heavy atom. The number of hydrogen-bond donors (Lipinski definition) is 1. The van der Waals surface area contributed by atoms with Gasteiger partial charge in [-0.3, -0.25) is 9.59 Å². The summed E-state index contributed by atoms with van der Waals surface area (Å²) in [4.78, 5) is 27.8. The number of likely N-dealkylation sites (N-methyl/N-ethyl adjacent to an activating group) is 1. The van der Waals surface area contributed by atoms with Crippen molar-refractivity contribution >= 4 is 35.0 Å². The third-order valence-electron chi connectivity index (χ3n) is 5.21. The molecule has 1 atom stereocenters. The Morgan fingerprint density at radius 2 is 1.70 bits per heavy atom. The number of benzene rings is 3. The first-order valence-corrected chi connectivity index (χ1v) is 11.3. The molecule has 0 aliphatic carbocycles. The molecule has 0 unspecified atom stereocenters. The molecule has 7 heteroatoms. The maximum Gasteiger partial charge on any atom is 0.261 e. The van der Waals surface area contributed by atoms with Crippen molar-refractivity contribution in [2.45, 2.75) is 25.9 Å². The van der Waals surface area contributed by atoms with E-state index in [1.165, 1.54) is 4.90 Å². The van der Waals surface area contributed by atoms with Gasteiger partial charge in [-0.1, -0.05) is 71.7 Å². The third kappa shape index (κ3) is 6.98. The van der Waals surface area contributed by atoms with Crippen LogP contribution in [0.2, 0.25) is 10.0 Å². The maximum absolute atomic E-state index is 13.4. The van der Waals surface area contributed by atoms with E-state index in [9.17, 15) is 9.59 Å². The molecule has 3 aromatic carbocycles. The number of carbonyl (C=O) groups is 2.